The van der Waals surface area contributed by atoms with Crippen molar-refractivity contribution in [3.8, 4) is 0 Å². The molecular weight excluding hydrogens is 142 g/mol. The first-order valence-corrected chi connectivity index (χ1v) is 2.32. The molecule has 0 aliphatic rings. The van der Waals surface area contributed by atoms with Crippen LogP contribution in [0.1, 0.15) is 11.4 Å². The summed E-state index contributed by atoms with van der Waals surface area (Å²) in [4.78, 5) is 0. The number of aromatic nitrogens is 2. The molecule has 0 saturated heterocycles. The third-order valence-electron chi connectivity index (χ3n) is 0.940. The molecule has 1 aromatic rings. The van der Waals surface area contributed by atoms with Crippen LogP contribution in [0.3, 0.4) is 0 Å². The van der Waals surface area contributed by atoms with Crippen LogP contribution in [0.4, 0.5) is 0 Å². The Morgan fingerprint density at radius 2 is 2.22 bits per heavy atom. The van der Waals surface area contributed by atoms with E-state index in [1.165, 1.54) is 0 Å². The molecule has 0 amide bonds. The summed E-state index contributed by atoms with van der Waals surface area (Å²) in [6, 6.07) is 0. The van der Waals surface area contributed by atoms with Gasteiger partial charge in [-0.05, 0) is 6.92 Å². The molecule has 0 aromatic carbocycles. The highest BCUT2D eigenvalue weighted by molar-refractivity contribution is 5.85. The summed E-state index contributed by atoms with van der Waals surface area (Å²) >= 11 is 0. The monoisotopic (exact) mass is 149 g/mol. The second-order valence-electron chi connectivity index (χ2n) is 1.50. The third kappa shape index (κ3) is 1.65. The van der Waals surface area contributed by atoms with Gasteiger partial charge in [-0.15, -0.1) is 12.4 Å². The smallest absolute Gasteiger partial charge is 0.121 e. The zero-order valence-corrected chi connectivity index (χ0v) is 5.81. The summed E-state index contributed by atoms with van der Waals surface area (Å²) in [5.74, 6) is 0. The molecule has 5 heteroatoms. The van der Waals surface area contributed by atoms with Gasteiger partial charge in [0.15, 0.2) is 0 Å². The van der Waals surface area contributed by atoms with Gasteiger partial charge in [0.25, 0.3) is 0 Å². The van der Waals surface area contributed by atoms with Crippen molar-refractivity contribution in [3.05, 3.63) is 11.4 Å². The van der Waals surface area contributed by atoms with Gasteiger partial charge >= 0.3 is 0 Å². The van der Waals surface area contributed by atoms with E-state index in [9.17, 15) is 0 Å². The molecule has 0 radical (unpaired) electrons. The van der Waals surface area contributed by atoms with Gasteiger partial charge < -0.3 is 5.73 Å². The van der Waals surface area contributed by atoms with E-state index in [-0.39, 0.29) is 12.4 Å². The predicted octanol–water partition coefficient (Wildman–Crippen LogP) is 0.259. The lowest BCUT2D eigenvalue weighted by Crippen LogP contribution is -1.97. The minimum absolute atomic E-state index is 0. The molecule has 0 saturated carbocycles. The van der Waals surface area contributed by atoms with Gasteiger partial charge in [-0.1, -0.05) is 10.3 Å². The number of hydrogen-bond donors (Lipinski definition) is 1. The highest BCUT2D eigenvalue weighted by Crippen LogP contribution is 1.96. The van der Waals surface area contributed by atoms with Crippen LogP contribution in [-0.2, 0) is 6.54 Å². The fourth-order valence-corrected chi connectivity index (χ4v) is 0.435. The van der Waals surface area contributed by atoms with Gasteiger partial charge in [-0.25, -0.2) is 4.63 Å². The molecule has 0 aliphatic heterocycles. The molecule has 0 aliphatic carbocycles. The average molecular weight is 150 g/mol. The van der Waals surface area contributed by atoms with Crippen LogP contribution in [0, 0.1) is 6.92 Å². The van der Waals surface area contributed by atoms with Crippen molar-refractivity contribution in [1.29, 1.82) is 0 Å². The van der Waals surface area contributed by atoms with Gasteiger partial charge in [-0.2, -0.15) is 0 Å². The molecule has 0 atom stereocenters. The molecule has 4 nitrogen and oxygen atoms in total. The predicted molar refractivity (Wildman–Crippen MR) is 34.2 cm³/mol. The van der Waals surface area contributed by atoms with E-state index in [1.807, 2.05) is 0 Å². The van der Waals surface area contributed by atoms with Crippen molar-refractivity contribution < 1.29 is 4.63 Å². The quantitative estimate of drug-likeness (QED) is 0.622. The topological polar surface area (TPSA) is 64.9 Å². The van der Waals surface area contributed by atoms with Crippen LogP contribution in [0.15, 0.2) is 4.63 Å². The molecule has 0 spiro atoms. The highest BCUT2D eigenvalue weighted by Gasteiger charge is 1.98. The standard InChI is InChI=1S/C4H7N3O.ClH/c1-3-4(2-5)7-8-6-3;/h2,5H2,1H3;1H. The molecule has 0 bridgehead atoms. The largest absolute Gasteiger partial charge is 0.325 e. The first-order valence-electron chi connectivity index (χ1n) is 2.32. The van der Waals surface area contributed by atoms with Crippen molar-refractivity contribution in [2.75, 3.05) is 0 Å². The van der Waals surface area contributed by atoms with Crippen LogP contribution in [-0.4, -0.2) is 10.3 Å². The Morgan fingerprint density at radius 3 is 2.44 bits per heavy atom. The fraction of sp³-hybridized carbons (Fsp3) is 0.500. The highest BCUT2D eigenvalue weighted by atomic mass is 35.5. The van der Waals surface area contributed by atoms with Crippen molar-refractivity contribution in [3.63, 3.8) is 0 Å². The fourth-order valence-electron chi connectivity index (χ4n) is 0.435. The number of nitrogens with zero attached hydrogens (tertiary/aromatic N) is 2. The van der Waals surface area contributed by atoms with Crippen molar-refractivity contribution in [2.45, 2.75) is 13.5 Å². The first-order chi connectivity index (χ1) is 3.84. The Labute approximate surface area is 58.8 Å². The summed E-state index contributed by atoms with van der Waals surface area (Å²) in [7, 11) is 0. The molecule has 0 unspecified atom stereocenters. The van der Waals surface area contributed by atoms with Gasteiger partial charge in [-0.3, -0.25) is 0 Å². The summed E-state index contributed by atoms with van der Waals surface area (Å²) < 4.78 is 4.36. The van der Waals surface area contributed by atoms with Gasteiger partial charge in [0.2, 0.25) is 0 Å². The zero-order chi connectivity index (χ0) is 5.98. The minimum Gasteiger partial charge on any atom is -0.325 e. The van der Waals surface area contributed by atoms with Crippen LogP contribution < -0.4 is 5.73 Å². The number of rotatable bonds is 1. The van der Waals surface area contributed by atoms with Crippen LogP contribution in [0.25, 0.3) is 0 Å². The second-order valence-corrected chi connectivity index (χ2v) is 1.50. The summed E-state index contributed by atoms with van der Waals surface area (Å²) in [6.45, 7) is 2.20. The van der Waals surface area contributed by atoms with Crippen molar-refractivity contribution in [1.82, 2.24) is 10.3 Å². The Kier molecular flexibility index (Phi) is 3.19. The van der Waals surface area contributed by atoms with E-state index in [1.54, 1.807) is 6.92 Å². The summed E-state index contributed by atoms with van der Waals surface area (Å²) in [6.07, 6.45) is 0. The molecule has 1 aromatic heterocycles. The lowest BCUT2D eigenvalue weighted by atomic mass is 10.4. The summed E-state index contributed by atoms with van der Waals surface area (Å²) in [5.41, 5.74) is 6.73. The van der Waals surface area contributed by atoms with E-state index in [4.69, 9.17) is 5.73 Å². The van der Waals surface area contributed by atoms with E-state index >= 15 is 0 Å². The Morgan fingerprint density at radius 1 is 1.56 bits per heavy atom. The van der Waals surface area contributed by atoms with E-state index in [0.29, 0.717) is 6.54 Å². The third-order valence-corrected chi connectivity index (χ3v) is 0.940. The van der Waals surface area contributed by atoms with Gasteiger partial charge in [0.05, 0.1) is 0 Å². The van der Waals surface area contributed by atoms with E-state index < -0.39 is 0 Å². The van der Waals surface area contributed by atoms with Crippen molar-refractivity contribution >= 4 is 12.4 Å². The molecule has 9 heavy (non-hydrogen) atoms. The molecule has 52 valence electrons. The SMILES string of the molecule is Cc1nonc1CN.Cl. The first kappa shape index (κ1) is 8.39. The Bertz CT molecular complexity index is 176. The van der Waals surface area contributed by atoms with Crippen LogP contribution >= 0.6 is 12.4 Å². The molecule has 1 rings (SSSR count). The van der Waals surface area contributed by atoms with E-state index in [0.717, 1.165) is 11.4 Å². The van der Waals surface area contributed by atoms with Crippen LogP contribution in [0.2, 0.25) is 0 Å². The maximum Gasteiger partial charge on any atom is 0.121 e. The lowest BCUT2D eigenvalue weighted by Gasteiger charge is -1.80. The van der Waals surface area contributed by atoms with Gasteiger partial charge in [0, 0.05) is 6.54 Å². The second kappa shape index (κ2) is 3.42. The molecular formula is C4H8ClN3O. The number of hydrogen-bond acceptors (Lipinski definition) is 4. The van der Waals surface area contributed by atoms with Gasteiger partial charge in [0.1, 0.15) is 11.4 Å². The molecule has 0 fully saturated rings. The maximum absolute atomic E-state index is 5.23. The Hall–Kier alpha value is -0.610. The number of aryl methyl sites for hydroxylation is 1. The maximum atomic E-state index is 5.23. The number of halogens is 1. The number of nitrogens with two attached hydrogens (primary N) is 1. The summed E-state index contributed by atoms with van der Waals surface area (Å²) in [5, 5.41) is 7.04. The Balaban J connectivity index is 0.000000640. The van der Waals surface area contributed by atoms with Crippen LogP contribution in [0.5, 0.6) is 0 Å². The van der Waals surface area contributed by atoms with Crippen molar-refractivity contribution in [2.24, 2.45) is 5.73 Å². The lowest BCUT2D eigenvalue weighted by molar-refractivity contribution is 0.301. The zero-order valence-electron chi connectivity index (χ0n) is 5.00. The normalized spacial score (nSPS) is 8.67. The molecule has 1 heterocycles. The molecule has 2 N–H and O–H groups in total. The average Bonchev–Trinajstić information content (AvgIpc) is 2.14. The minimum atomic E-state index is 0. The van der Waals surface area contributed by atoms with E-state index in [2.05, 4.69) is 14.9 Å².